The summed E-state index contributed by atoms with van der Waals surface area (Å²) in [6.45, 7) is 2.20. The fourth-order valence-corrected chi connectivity index (χ4v) is 5.31. The average molecular weight is 366 g/mol. The molecule has 1 saturated carbocycles. The molecular weight excluding hydrogens is 342 g/mol. The third-order valence-corrected chi connectivity index (χ3v) is 6.71. The number of fused-ring (bicyclic) bond motifs is 4. The Labute approximate surface area is 165 Å². The molecule has 0 N–H and O–H groups in total. The summed E-state index contributed by atoms with van der Waals surface area (Å²) in [6.07, 6.45) is 7.66. The standard InChI is InChI=1S/C26H24NO/c1-16-10-11-18-8-5-9-22-24(18)23(16)25-26(28-22)21-13-12-19(17-6-3-4-7-17)14-20(21)15-27(25)2/h5,8-15,17H,3-4,6-7H2,1-2H3/q+1. The van der Waals surface area contributed by atoms with Gasteiger partial charge >= 0.3 is 0 Å². The molecule has 2 heterocycles. The summed E-state index contributed by atoms with van der Waals surface area (Å²) in [6, 6.07) is 17.8. The van der Waals surface area contributed by atoms with Crippen molar-refractivity contribution in [1.29, 1.82) is 0 Å². The highest BCUT2D eigenvalue weighted by molar-refractivity contribution is 6.06. The monoisotopic (exact) mass is 366 g/mol. The summed E-state index contributed by atoms with van der Waals surface area (Å²) < 4.78 is 8.80. The van der Waals surface area contributed by atoms with Gasteiger partial charge < -0.3 is 4.74 Å². The first kappa shape index (κ1) is 16.1. The Morgan fingerprint density at radius 1 is 0.964 bits per heavy atom. The maximum Gasteiger partial charge on any atom is 0.257 e. The number of ether oxygens (including phenoxy) is 1. The summed E-state index contributed by atoms with van der Waals surface area (Å²) in [5.41, 5.74) is 5.27. The van der Waals surface area contributed by atoms with E-state index in [0.717, 1.165) is 17.4 Å². The lowest BCUT2D eigenvalue weighted by Gasteiger charge is -2.22. The van der Waals surface area contributed by atoms with Crippen molar-refractivity contribution >= 4 is 21.5 Å². The molecule has 1 aliphatic carbocycles. The van der Waals surface area contributed by atoms with Crippen LogP contribution in [-0.2, 0) is 7.05 Å². The first-order chi connectivity index (χ1) is 13.7. The van der Waals surface area contributed by atoms with E-state index in [9.17, 15) is 0 Å². The van der Waals surface area contributed by atoms with Crippen LogP contribution < -0.4 is 9.30 Å². The summed E-state index contributed by atoms with van der Waals surface area (Å²) in [5, 5.41) is 4.95. The molecule has 0 radical (unpaired) electrons. The van der Waals surface area contributed by atoms with E-state index < -0.39 is 0 Å². The number of nitrogens with zero attached hydrogens (tertiary/aromatic N) is 1. The Balaban J connectivity index is 1.65. The van der Waals surface area contributed by atoms with Crippen molar-refractivity contribution in [2.75, 3.05) is 0 Å². The maximum absolute atomic E-state index is 6.54. The van der Waals surface area contributed by atoms with Gasteiger partial charge in [-0.15, -0.1) is 0 Å². The molecule has 2 nitrogen and oxygen atoms in total. The smallest absolute Gasteiger partial charge is 0.257 e. The SMILES string of the molecule is Cc1ccc2cccc3c2c1-c1c(c2ccc(C4CCCC4)cc2c[n+]1C)O3. The van der Waals surface area contributed by atoms with Crippen molar-refractivity contribution in [3.63, 3.8) is 0 Å². The minimum atomic E-state index is 0.725. The van der Waals surface area contributed by atoms with Gasteiger partial charge in [0.25, 0.3) is 5.69 Å². The number of hydrogen-bond donors (Lipinski definition) is 0. The molecule has 4 aromatic rings. The van der Waals surface area contributed by atoms with E-state index in [1.165, 1.54) is 69.6 Å². The highest BCUT2D eigenvalue weighted by Crippen LogP contribution is 2.49. The number of aromatic nitrogens is 1. The first-order valence-corrected chi connectivity index (χ1v) is 10.4. The number of pyridine rings is 1. The Bertz CT molecular complexity index is 1260. The molecule has 6 rings (SSSR count). The molecule has 1 fully saturated rings. The molecule has 0 spiro atoms. The van der Waals surface area contributed by atoms with E-state index in [0.29, 0.717) is 0 Å². The molecule has 0 unspecified atom stereocenters. The molecule has 2 aliphatic rings. The van der Waals surface area contributed by atoms with Crippen LogP contribution in [-0.4, -0.2) is 0 Å². The van der Waals surface area contributed by atoms with E-state index in [1.54, 1.807) is 0 Å². The van der Waals surface area contributed by atoms with E-state index in [1.807, 2.05) is 0 Å². The van der Waals surface area contributed by atoms with Gasteiger partial charge in [-0.3, -0.25) is 0 Å². The normalized spacial score (nSPS) is 15.8. The molecule has 1 aliphatic heterocycles. The third-order valence-electron chi connectivity index (χ3n) is 6.71. The van der Waals surface area contributed by atoms with E-state index >= 15 is 0 Å². The van der Waals surface area contributed by atoms with Crippen LogP contribution in [0, 0.1) is 6.92 Å². The van der Waals surface area contributed by atoms with Crippen LogP contribution >= 0.6 is 0 Å². The molecule has 138 valence electrons. The lowest BCUT2D eigenvalue weighted by molar-refractivity contribution is -0.659. The summed E-state index contributed by atoms with van der Waals surface area (Å²) in [7, 11) is 2.15. The fraction of sp³-hybridized carbons (Fsp3) is 0.269. The second-order valence-electron chi connectivity index (χ2n) is 8.46. The largest absolute Gasteiger partial charge is 0.449 e. The van der Waals surface area contributed by atoms with Gasteiger partial charge in [-0.2, -0.15) is 4.57 Å². The molecule has 3 aromatic carbocycles. The van der Waals surface area contributed by atoms with Gasteiger partial charge in [-0.05, 0) is 60.4 Å². The average Bonchev–Trinajstić information content (AvgIpc) is 3.24. The van der Waals surface area contributed by atoms with Gasteiger partial charge in [0, 0.05) is 16.2 Å². The molecular formula is C26H24NO+. The lowest BCUT2D eigenvalue weighted by atomic mass is 9.91. The van der Waals surface area contributed by atoms with Crippen molar-refractivity contribution in [3.05, 3.63) is 65.9 Å². The number of aryl methyl sites for hydroxylation is 2. The van der Waals surface area contributed by atoms with Crippen molar-refractivity contribution in [3.8, 4) is 22.8 Å². The van der Waals surface area contributed by atoms with Gasteiger partial charge in [-0.1, -0.05) is 43.2 Å². The van der Waals surface area contributed by atoms with Crippen molar-refractivity contribution in [1.82, 2.24) is 0 Å². The number of hydrogen-bond acceptors (Lipinski definition) is 1. The van der Waals surface area contributed by atoms with Crippen LogP contribution in [0.4, 0.5) is 0 Å². The summed E-state index contributed by atoms with van der Waals surface area (Å²) >= 11 is 0. The number of benzene rings is 3. The van der Waals surface area contributed by atoms with Crippen molar-refractivity contribution < 1.29 is 9.30 Å². The van der Waals surface area contributed by atoms with Gasteiger partial charge in [0.1, 0.15) is 12.8 Å². The van der Waals surface area contributed by atoms with Crippen LogP contribution in [0.5, 0.6) is 11.5 Å². The maximum atomic E-state index is 6.54. The molecule has 0 atom stereocenters. The van der Waals surface area contributed by atoms with Crippen molar-refractivity contribution in [2.45, 2.75) is 38.5 Å². The Hall–Kier alpha value is -2.87. The summed E-state index contributed by atoms with van der Waals surface area (Å²) in [4.78, 5) is 0. The van der Waals surface area contributed by atoms with E-state index in [4.69, 9.17) is 4.74 Å². The third kappa shape index (κ3) is 2.18. The minimum Gasteiger partial charge on any atom is -0.449 e. The topological polar surface area (TPSA) is 13.1 Å². The van der Waals surface area contributed by atoms with E-state index in [2.05, 4.69) is 73.3 Å². The van der Waals surface area contributed by atoms with Gasteiger partial charge in [-0.25, -0.2) is 0 Å². The molecule has 0 saturated heterocycles. The van der Waals surface area contributed by atoms with Crippen LogP contribution in [0.3, 0.4) is 0 Å². The zero-order chi connectivity index (χ0) is 18.8. The predicted molar refractivity (Wildman–Crippen MR) is 114 cm³/mol. The molecule has 28 heavy (non-hydrogen) atoms. The first-order valence-electron chi connectivity index (χ1n) is 10.4. The van der Waals surface area contributed by atoms with Gasteiger partial charge in [0.2, 0.25) is 5.75 Å². The molecule has 0 bridgehead atoms. The van der Waals surface area contributed by atoms with E-state index in [-0.39, 0.29) is 0 Å². The summed E-state index contributed by atoms with van der Waals surface area (Å²) in [5.74, 6) is 2.69. The van der Waals surface area contributed by atoms with Crippen LogP contribution in [0.15, 0.2) is 54.7 Å². The molecule has 0 amide bonds. The molecule has 1 aromatic heterocycles. The second-order valence-corrected chi connectivity index (χ2v) is 8.46. The Morgan fingerprint density at radius 3 is 2.68 bits per heavy atom. The Morgan fingerprint density at radius 2 is 1.82 bits per heavy atom. The zero-order valence-corrected chi connectivity index (χ0v) is 16.5. The van der Waals surface area contributed by atoms with Crippen LogP contribution in [0.2, 0.25) is 0 Å². The lowest BCUT2D eigenvalue weighted by Crippen LogP contribution is -2.32. The quantitative estimate of drug-likeness (QED) is 0.306. The number of rotatable bonds is 1. The van der Waals surface area contributed by atoms with Gasteiger partial charge in [0.05, 0.1) is 5.56 Å². The van der Waals surface area contributed by atoms with Gasteiger partial charge in [0.15, 0.2) is 6.20 Å². The minimum absolute atomic E-state index is 0.725. The zero-order valence-electron chi connectivity index (χ0n) is 16.5. The highest BCUT2D eigenvalue weighted by Gasteiger charge is 2.31. The Kier molecular flexibility index (Phi) is 3.35. The highest BCUT2D eigenvalue weighted by atomic mass is 16.5. The molecule has 2 heteroatoms. The predicted octanol–water partition coefficient (Wildman–Crippen LogP) is 6.56. The second kappa shape index (κ2) is 5.81. The fourth-order valence-electron chi connectivity index (χ4n) is 5.31. The van der Waals surface area contributed by atoms with Crippen LogP contribution in [0.1, 0.15) is 42.7 Å². The van der Waals surface area contributed by atoms with Crippen LogP contribution in [0.25, 0.3) is 32.8 Å². The van der Waals surface area contributed by atoms with Crippen molar-refractivity contribution in [2.24, 2.45) is 7.05 Å².